The van der Waals surface area contributed by atoms with Crippen LogP contribution in [0.1, 0.15) is 30.6 Å². The van der Waals surface area contributed by atoms with Crippen LogP contribution in [0.4, 0.5) is 5.13 Å². The smallest absolute Gasteiger partial charge is 0.260 e. The van der Waals surface area contributed by atoms with E-state index in [1.54, 1.807) is 17.0 Å². The van der Waals surface area contributed by atoms with Crippen molar-refractivity contribution < 1.29 is 22.7 Å². The molecule has 5 rings (SSSR count). The molecule has 0 saturated carbocycles. The maximum Gasteiger partial charge on any atom is 0.260 e. The number of para-hydroxylation sites is 1. The van der Waals surface area contributed by atoms with Gasteiger partial charge in [-0.25, -0.2) is 13.4 Å². The van der Waals surface area contributed by atoms with E-state index >= 15 is 0 Å². The maximum absolute atomic E-state index is 13.7. The molecule has 0 aliphatic carbocycles. The standard InChI is InChI=1S/C27H34N4O5S2/c1-20-18-30(19-21(2)36-20)38(33,34)23-10-8-22(9-11-23)26(32)31(13-5-12-29-14-16-35-17-15-29)27-28-24-6-3-4-7-25(24)37-27/h3-4,6-11,20-21H,5,12-19H2,1-2H3. The van der Waals surface area contributed by atoms with Gasteiger partial charge in [0.25, 0.3) is 5.91 Å². The molecular formula is C27H34N4O5S2. The lowest BCUT2D eigenvalue weighted by molar-refractivity contribution is -0.0440. The van der Waals surface area contributed by atoms with Gasteiger partial charge >= 0.3 is 0 Å². The van der Waals surface area contributed by atoms with Crippen LogP contribution in [-0.2, 0) is 19.5 Å². The molecule has 11 heteroatoms. The van der Waals surface area contributed by atoms with Crippen molar-refractivity contribution in [3.8, 4) is 0 Å². The van der Waals surface area contributed by atoms with Crippen molar-refractivity contribution in [1.29, 1.82) is 0 Å². The fourth-order valence-electron chi connectivity index (χ4n) is 4.94. The first-order valence-electron chi connectivity index (χ1n) is 13.0. The summed E-state index contributed by atoms with van der Waals surface area (Å²) in [5, 5.41) is 0.645. The summed E-state index contributed by atoms with van der Waals surface area (Å²) in [4.78, 5) is 22.7. The van der Waals surface area contributed by atoms with Gasteiger partial charge in [0.15, 0.2) is 5.13 Å². The van der Waals surface area contributed by atoms with Crippen LogP contribution in [0.25, 0.3) is 10.2 Å². The molecule has 1 aromatic heterocycles. The number of rotatable bonds is 8. The number of hydrogen-bond acceptors (Lipinski definition) is 8. The van der Waals surface area contributed by atoms with Crippen molar-refractivity contribution in [3.63, 3.8) is 0 Å². The van der Waals surface area contributed by atoms with Crippen molar-refractivity contribution in [3.05, 3.63) is 54.1 Å². The summed E-state index contributed by atoms with van der Waals surface area (Å²) in [5.41, 5.74) is 1.28. The monoisotopic (exact) mass is 558 g/mol. The zero-order valence-electron chi connectivity index (χ0n) is 21.8. The fraction of sp³-hybridized carbons (Fsp3) is 0.481. The van der Waals surface area contributed by atoms with E-state index in [2.05, 4.69) is 4.90 Å². The van der Waals surface area contributed by atoms with E-state index in [0.717, 1.165) is 49.5 Å². The highest BCUT2D eigenvalue weighted by atomic mass is 32.2. The largest absolute Gasteiger partial charge is 0.379 e. The Balaban J connectivity index is 1.35. The highest BCUT2D eigenvalue weighted by Gasteiger charge is 2.32. The van der Waals surface area contributed by atoms with Crippen molar-refractivity contribution in [2.24, 2.45) is 0 Å². The Morgan fingerprint density at radius 2 is 1.74 bits per heavy atom. The lowest BCUT2D eigenvalue weighted by atomic mass is 10.2. The Bertz CT molecular complexity index is 1310. The topological polar surface area (TPSA) is 92.3 Å². The fourth-order valence-corrected chi connectivity index (χ4v) is 7.52. The van der Waals surface area contributed by atoms with E-state index in [0.29, 0.717) is 30.3 Å². The highest BCUT2D eigenvalue weighted by molar-refractivity contribution is 7.89. The van der Waals surface area contributed by atoms with Crippen LogP contribution in [0.2, 0.25) is 0 Å². The lowest BCUT2D eigenvalue weighted by Gasteiger charge is -2.34. The second kappa shape index (κ2) is 11.8. The van der Waals surface area contributed by atoms with E-state index in [1.807, 2.05) is 38.1 Å². The molecule has 2 unspecified atom stereocenters. The SMILES string of the molecule is CC1CN(S(=O)(=O)c2ccc(C(=O)N(CCCN3CCOCC3)c3nc4ccccc4s3)cc2)CC(C)O1. The predicted molar refractivity (Wildman–Crippen MR) is 148 cm³/mol. The van der Waals surface area contributed by atoms with Crippen LogP contribution in [0.3, 0.4) is 0 Å². The maximum atomic E-state index is 13.7. The van der Waals surface area contributed by atoms with Crippen LogP contribution in [0, 0.1) is 0 Å². The molecule has 2 aromatic carbocycles. The third-order valence-electron chi connectivity index (χ3n) is 6.84. The Labute approximate surface area is 228 Å². The predicted octanol–water partition coefficient (Wildman–Crippen LogP) is 3.46. The van der Waals surface area contributed by atoms with Crippen LogP contribution in [-0.4, -0.2) is 93.2 Å². The second-order valence-electron chi connectivity index (χ2n) is 9.83. The first kappa shape index (κ1) is 27.2. The number of thiazole rings is 1. The van der Waals surface area contributed by atoms with Gasteiger partial charge in [-0.1, -0.05) is 23.5 Å². The zero-order chi connectivity index (χ0) is 26.7. The number of fused-ring (bicyclic) bond motifs is 1. The Hall–Kier alpha value is -2.41. The summed E-state index contributed by atoms with van der Waals surface area (Å²) in [6, 6.07) is 14.1. The average molecular weight is 559 g/mol. The quantitative estimate of drug-likeness (QED) is 0.418. The van der Waals surface area contributed by atoms with E-state index in [1.165, 1.54) is 27.8 Å². The molecule has 204 valence electrons. The molecule has 2 aliphatic rings. The number of ether oxygens (including phenoxy) is 2. The molecule has 2 aliphatic heterocycles. The van der Waals surface area contributed by atoms with Gasteiger partial charge < -0.3 is 9.47 Å². The number of aromatic nitrogens is 1. The summed E-state index contributed by atoms with van der Waals surface area (Å²) in [6.45, 7) is 8.99. The number of carbonyl (C=O) groups is 1. The van der Waals surface area contributed by atoms with Crippen LogP contribution in [0.5, 0.6) is 0 Å². The normalized spacial score (nSPS) is 21.5. The van der Waals surface area contributed by atoms with Crippen LogP contribution < -0.4 is 4.90 Å². The van der Waals surface area contributed by atoms with Gasteiger partial charge in [-0.3, -0.25) is 14.6 Å². The summed E-state index contributed by atoms with van der Waals surface area (Å²) in [6.07, 6.45) is 0.449. The summed E-state index contributed by atoms with van der Waals surface area (Å²) in [5.74, 6) is -0.191. The molecular weight excluding hydrogens is 524 g/mol. The van der Waals surface area contributed by atoms with Gasteiger partial charge in [-0.2, -0.15) is 4.31 Å². The Morgan fingerprint density at radius 3 is 2.42 bits per heavy atom. The van der Waals surface area contributed by atoms with Gasteiger partial charge in [0, 0.05) is 44.8 Å². The van der Waals surface area contributed by atoms with E-state index in [-0.39, 0.29) is 23.0 Å². The van der Waals surface area contributed by atoms with Gasteiger partial charge in [0.2, 0.25) is 10.0 Å². The number of nitrogens with zero attached hydrogens (tertiary/aromatic N) is 4. The molecule has 38 heavy (non-hydrogen) atoms. The van der Waals surface area contributed by atoms with Crippen LogP contribution in [0.15, 0.2) is 53.4 Å². The lowest BCUT2D eigenvalue weighted by Crippen LogP contribution is -2.48. The van der Waals surface area contributed by atoms with E-state index in [9.17, 15) is 13.2 Å². The highest BCUT2D eigenvalue weighted by Crippen LogP contribution is 2.30. The molecule has 2 atom stereocenters. The molecule has 2 saturated heterocycles. The number of sulfonamides is 1. The molecule has 0 radical (unpaired) electrons. The van der Waals surface area contributed by atoms with Crippen LogP contribution >= 0.6 is 11.3 Å². The molecule has 2 fully saturated rings. The summed E-state index contributed by atoms with van der Waals surface area (Å²) in [7, 11) is -3.68. The summed E-state index contributed by atoms with van der Waals surface area (Å²) < 4.78 is 40.1. The minimum Gasteiger partial charge on any atom is -0.379 e. The van der Waals surface area contributed by atoms with E-state index in [4.69, 9.17) is 14.5 Å². The molecule has 3 heterocycles. The zero-order valence-corrected chi connectivity index (χ0v) is 23.4. The van der Waals surface area contributed by atoms with Gasteiger partial charge in [-0.05, 0) is 56.7 Å². The van der Waals surface area contributed by atoms with Gasteiger partial charge in [0.05, 0.1) is 40.5 Å². The first-order chi connectivity index (χ1) is 18.3. The van der Waals surface area contributed by atoms with Gasteiger partial charge in [-0.15, -0.1) is 0 Å². The molecule has 0 bridgehead atoms. The number of hydrogen-bond donors (Lipinski definition) is 0. The first-order valence-corrected chi connectivity index (χ1v) is 15.3. The molecule has 9 nitrogen and oxygen atoms in total. The Kier molecular flexibility index (Phi) is 8.41. The summed E-state index contributed by atoms with van der Waals surface area (Å²) >= 11 is 1.49. The van der Waals surface area contributed by atoms with Crippen molar-refractivity contribution in [2.75, 3.05) is 57.4 Å². The Morgan fingerprint density at radius 1 is 1.05 bits per heavy atom. The van der Waals surface area contributed by atoms with Crippen molar-refractivity contribution >= 4 is 42.6 Å². The van der Waals surface area contributed by atoms with Gasteiger partial charge in [0.1, 0.15) is 0 Å². The average Bonchev–Trinajstić information content (AvgIpc) is 3.35. The third kappa shape index (κ3) is 6.08. The number of carbonyl (C=O) groups excluding carboxylic acids is 1. The number of morpholine rings is 2. The molecule has 0 spiro atoms. The minimum absolute atomic E-state index is 0.172. The molecule has 0 N–H and O–H groups in total. The molecule has 3 aromatic rings. The molecule has 1 amide bonds. The van der Waals surface area contributed by atoms with Crippen molar-refractivity contribution in [2.45, 2.75) is 37.4 Å². The number of anilines is 1. The second-order valence-corrected chi connectivity index (χ2v) is 12.8. The third-order valence-corrected chi connectivity index (χ3v) is 9.75. The van der Waals surface area contributed by atoms with Crippen molar-refractivity contribution in [1.82, 2.24) is 14.2 Å². The number of amides is 1. The number of benzene rings is 2. The minimum atomic E-state index is -3.68. The van der Waals surface area contributed by atoms with E-state index < -0.39 is 10.0 Å².